The van der Waals surface area contributed by atoms with Crippen LogP contribution in [-0.2, 0) is 6.42 Å². The van der Waals surface area contributed by atoms with E-state index in [2.05, 4.69) is 29.4 Å². The fourth-order valence-electron chi connectivity index (χ4n) is 2.27. The molecule has 3 nitrogen and oxygen atoms in total. The van der Waals surface area contributed by atoms with E-state index in [0.717, 1.165) is 24.5 Å². The van der Waals surface area contributed by atoms with E-state index in [1.807, 2.05) is 12.1 Å². The summed E-state index contributed by atoms with van der Waals surface area (Å²) in [6.45, 7) is 2.04. The van der Waals surface area contributed by atoms with E-state index in [0.29, 0.717) is 6.04 Å². The normalized spacial score (nSPS) is 26.1. The minimum Gasteiger partial charge on any atom is -0.395 e. The number of nitrogens with zero attached hydrogens (tertiary/aromatic N) is 1. The molecule has 1 aromatic carbocycles. The van der Waals surface area contributed by atoms with Gasteiger partial charge in [0.25, 0.3) is 0 Å². The SMILES string of the molecule is CN1C[C@H](Cc2ccc(Cl)cc2)NC[C@@H]1CO. The van der Waals surface area contributed by atoms with E-state index in [1.165, 1.54) is 5.56 Å². The van der Waals surface area contributed by atoms with Crippen LogP contribution in [0.2, 0.25) is 5.02 Å². The van der Waals surface area contributed by atoms with Crippen molar-refractivity contribution in [1.29, 1.82) is 0 Å². The average molecular weight is 255 g/mol. The Bertz CT molecular complexity index is 355. The summed E-state index contributed by atoms with van der Waals surface area (Å²) in [6.07, 6.45) is 1.000. The van der Waals surface area contributed by atoms with Crippen LogP contribution in [0, 0.1) is 0 Å². The Labute approximate surface area is 107 Å². The molecular formula is C13H19ClN2O. The molecule has 1 saturated heterocycles. The van der Waals surface area contributed by atoms with Gasteiger partial charge in [-0.15, -0.1) is 0 Å². The Hall–Kier alpha value is -0.610. The first kappa shape index (κ1) is 12.8. The Morgan fingerprint density at radius 3 is 2.71 bits per heavy atom. The summed E-state index contributed by atoms with van der Waals surface area (Å²) in [5.74, 6) is 0. The van der Waals surface area contributed by atoms with Crippen LogP contribution in [0.5, 0.6) is 0 Å². The lowest BCUT2D eigenvalue weighted by Crippen LogP contribution is -2.56. The lowest BCUT2D eigenvalue weighted by molar-refractivity contribution is 0.103. The maximum atomic E-state index is 9.17. The number of halogens is 1. The molecule has 0 radical (unpaired) electrons. The number of hydrogen-bond acceptors (Lipinski definition) is 3. The average Bonchev–Trinajstić information content (AvgIpc) is 2.32. The molecule has 0 amide bonds. The fraction of sp³-hybridized carbons (Fsp3) is 0.538. The molecule has 1 aliphatic heterocycles. The van der Waals surface area contributed by atoms with E-state index in [9.17, 15) is 5.11 Å². The number of piperazine rings is 1. The second-order valence-corrected chi connectivity index (χ2v) is 5.15. The number of aliphatic hydroxyl groups excluding tert-OH is 1. The number of likely N-dealkylation sites (N-methyl/N-ethyl adjacent to an activating group) is 1. The van der Waals surface area contributed by atoms with Crippen LogP contribution in [0.15, 0.2) is 24.3 Å². The second-order valence-electron chi connectivity index (χ2n) is 4.71. The third-order valence-corrected chi connectivity index (χ3v) is 3.63. The van der Waals surface area contributed by atoms with Gasteiger partial charge in [-0.1, -0.05) is 23.7 Å². The molecule has 1 aromatic rings. The molecule has 1 fully saturated rings. The fourth-order valence-corrected chi connectivity index (χ4v) is 2.39. The van der Waals surface area contributed by atoms with Crippen molar-refractivity contribution < 1.29 is 5.11 Å². The first-order valence-corrected chi connectivity index (χ1v) is 6.35. The monoisotopic (exact) mass is 254 g/mol. The predicted octanol–water partition coefficient (Wildman–Crippen LogP) is 1.15. The lowest BCUT2D eigenvalue weighted by atomic mass is 10.0. The summed E-state index contributed by atoms with van der Waals surface area (Å²) < 4.78 is 0. The molecule has 0 unspecified atom stereocenters. The van der Waals surface area contributed by atoms with Gasteiger partial charge in [0.15, 0.2) is 0 Å². The van der Waals surface area contributed by atoms with Gasteiger partial charge in [0, 0.05) is 30.2 Å². The van der Waals surface area contributed by atoms with Crippen LogP contribution in [0.4, 0.5) is 0 Å². The molecule has 2 N–H and O–H groups in total. The zero-order valence-electron chi connectivity index (χ0n) is 10.1. The number of benzene rings is 1. The Balaban J connectivity index is 1.90. The summed E-state index contributed by atoms with van der Waals surface area (Å²) in [6, 6.07) is 8.70. The minimum atomic E-state index is 0.219. The van der Waals surface area contributed by atoms with Crippen molar-refractivity contribution in [2.24, 2.45) is 0 Å². The molecular weight excluding hydrogens is 236 g/mol. The van der Waals surface area contributed by atoms with Crippen LogP contribution >= 0.6 is 11.6 Å². The van der Waals surface area contributed by atoms with Crippen LogP contribution in [0.3, 0.4) is 0 Å². The number of nitrogens with one attached hydrogen (secondary N) is 1. The topological polar surface area (TPSA) is 35.5 Å². The summed E-state index contributed by atoms with van der Waals surface area (Å²) >= 11 is 5.86. The van der Waals surface area contributed by atoms with Crippen molar-refractivity contribution in [2.75, 3.05) is 26.7 Å². The molecule has 2 atom stereocenters. The summed E-state index contributed by atoms with van der Waals surface area (Å²) in [4.78, 5) is 2.22. The van der Waals surface area contributed by atoms with Gasteiger partial charge in [-0.3, -0.25) is 4.90 Å². The van der Waals surface area contributed by atoms with E-state index in [4.69, 9.17) is 11.6 Å². The van der Waals surface area contributed by atoms with Crippen LogP contribution in [0.25, 0.3) is 0 Å². The quantitative estimate of drug-likeness (QED) is 0.850. The molecule has 94 valence electrons. The Kier molecular flexibility index (Phi) is 4.40. The van der Waals surface area contributed by atoms with Crippen molar-refractivity contribution in [3.8, 4) is 0 Å². The zero-order valence-corrected chi connectivity index (χ0v) is 10.8. The number of aliphatic hydroxyl groups is 1. The minimum absolute atomic E-state index is 0.219. The van der Waals surface area contributed by atoms with Crippen LogP contribution in [0.1, 0.15) is 5.56 Å². The van der Waals surface area contributed by atoms with Gasteiger partial charge >= 0.3 is 0 Å². The molecule has 2 rings (SSSR count). The standard InChI is InChI=1S/C13H19ClN2O/c1-16-8-12(15-7-13(16)9-17)6-10-2-4-11(14)5-3-10/h2-5,12-13,15,17H,6-9H2,1H3/t12-,13+/m0/s1. The predicted molar refractivity (Wildman–Crippen MR) is 70.5 cm³/mol. The maximum Gasteiger partial charge on any atom is 0.0599 e. The third kappa shape index (κ3) is 3.42. The summed E-state index contributed by atoms with van der Waals surface area (Å²) in [7, 11) is 2.07. The van der Waals surface area contributed by atoms with Gasteiger partial charge in [0.1, 0.15) is 0 Å². The highest BCUT2D eigenvalue weighted by Gasteiger charge is 2.24. The molecule has 0 spiro atoms. The van der Waals surface area contributed by atoms with Gasteiger partial charge in [0.2, 0.25) is 0 Å². The van der Waals surface area contributed by atoms with E-state index in [-0.39, 0.29) is 12.6 Å². The van der Waals surface area contributed by atoms with Gasteiger partial charge in [-0.25, -0.2) is 0 Å². The van der Waals surface area contributed by atoms with Crippen molar-refractivity contribution in [3.63, 3.8) is 0 Å². The van der Waals surface area contributed by atoms with E-state index >= 15 is 0 Å². The number of rotatable bonds is 3. The van der Waals surface area contributed by atoms with Crippen molar-refractivity contribution >= 4 is 11.6 Å². The molecule has 0 bridgehead atoms. The van der Waals surface area contributed by atoms with Gasteiger partial charge in [-0.2, -0.15) is 0 Å². The summed E-state index contributed by atoms with van der Waals surface area (Å²) in [5, 5.41) is 13.4. The molecule has 0 saturated carbocycles. The Morgan fingerprint density at radius 1 is 1.41 bits per heavy atom. The maximum absolute atomic E-state index is 9.17. The second kappa shape index (κ2) is 5.83. The first-order chi connectivity index (χ1) is 8.19. The molecule has 1 aliphatic rings. The van der Waals surface area contributed by atoms with Gasteiger partial charge < -0.3 is 10.4 Å². The molecule has 17 heavy (non-hydrogen) atoms. The highest BCUT2D eigenvalue weighted by Crippen LogP contribution is 2.13. The van der Waals surface area contributed by atoms with E-state index < -0.39 is 0 Å². The molecule has 0 aliphatic carbocycles. The van der Waals surface area contributed by atoms with Crippen molar-refractivity contribution in [2.45, 2.75) is 18.5 Å². The Morgan fingerprint density at radius 2 is 2.12 bits per heavy atom. The lowest BCUT2D eigenvalue weighted by Gasteiger charge is -2.37. The van der Waals surface area contributed by atoms with E-state index in [1.54, 1.807) is 0 Å². The van der Waals surface area contributed by atoms with Crippen molar-refractivity contribution in [3.05, 3.63) is 34.9 Å². The first-order valence-electron chi connectivity index (χ1n) is 5.98. The highest BCUT2D eigenvalue weighted by molar-refractivity contribution is 6.30. The largest absolute Gasteiger partial charge is 0.395 e. The zero-order chi connectivity index (χ0) is 12.3. The molecule has 4 heteroatoms. The van der Waals surface area contributed by atoms with Gasteiger partial charge in [0.05, 0.1) is 6.61 Å². The van der Waals surface area contributed by atoms with Gasteiger partial charge in [-0.05, 0) is 31.2 Å². The van der Waals surface area contributed by atoms with Crippen LogP contribution < -0.4 is 5.32 Å². The number of hydrogen-bond donors (Lipinski definition) is 2. The highest BCUT2D eigenvalue weighted by atomic mass is 35.5. The smallest absolute Gasteiger partial charge is 0.0599 e. The van der Waals surface area contributed by atoms with Crippen LogP contribution in [-0.4, -0.2) is 48.8 Å². The summed E-state index contributed by atoms with van der Waals surface area (Å²) in [5.41, 5.74) is 1.29. The van der Waals surface area contributed by atoms with Crippen molar-refractivity contribution in [1.82, 2.24) is 10.2 Å². The molecule has 0 aromatic heterocycles. The third-order valence-electron chi connectivity index (χ3n) is 3.38. The molecule has 1 heterocycles.